The van der Waals surface area contributed by atoms with Crippen LogP contribution in [-0.2, 0) is 14.3 Å². The van der Waals surface area contributed by atoms with Crippen LogP contribution in [0.3, 0.4) is 0 Å². The number of carbonyl (C=O) groups excluding carboxylic acids is 2. The first-order valence-electron chi connectivity index (χ1n) is 14.9. The van der Waals surface area contributed by atoms with Crippen molar-refractivity contribution in [3.8, 4) is 0 Å². The molecule has 1 N–H and O–H groups in total. The fourth-order valence-electron chi connectivity index (χ4n) is 5.26. The molecule has 6 nitrogen and oxygen atoms in total. The number of amides is 1. The van der Waals surface area contributed by atoms with E-state index in [1.165, 1.54) is 44.9 Å². The molecule has 3 atom stereocenters. The summed E-state index contributed by atoms with van der Waals surface area (Å²) in [5.74, 6) is -2.51. The molecule has 0 radical (unpaired) electrons. The van der Waals surface area contributed by atoms with E-state index < -0.39 is 42.8 Å². The van der Waals surface area contributed by atoms with Crippen LogP contribution < -0.4 is 0 Å². The zero-order valence-electron chi connectivity index (χ0n) is 23.5. The van der Waals surface area contributed by atoms with Crippen LogP contribution in [-0.4, -0.2) is 59.4 Å². The average molecular weight is 552 g/mol. The summed E-state index contributed by atoms with van der Waals surface area (Å²) in [7, 11) is 0. The van der Waals surface area contributed by atoms with Crippen molar-refractivity contribution in [2.24, 2.45) is 5.92 Å². The third-order valence-corrected chi connectivity index (χ3v) is 7.61. The fourth-order valence-corrected chi connectivity index (χ4v) is 5.26. The van der Waals surface area contributed by atoms with Gasteiger partial charge < -0.3 is 14.7 Å². The molecule has 0 spiro atoms. The van der Waals surface area contributed by atoms with Gasteiger partial charge in [-0.1, -0.05) is 108 Å². The Morgan fingerprint density at radius 1 is 0.949 bits per heavy atom. The summed E-state index contributed by atoms with van der Waals surface area (Å²) in [6.07, 6.45) is 9.11. The lowest BCUT2D eigenvalue weighted by molar-refractivity contribution is -0.151. The third kappa shape index (κ3) is 12.1. The van der Waals surface area contributed by atoms with Crippen molar-refractivity contribution in [3.05, 3.63) is 35.9 Å². The van der Waals surface area contributed by atoms with Gasteiger partial charge in [0.15, 0.2) is 5.78 Å². The van der Waals surface area contributed by atoms with Gasteiger partial charge in [-0.3, -0.25) is 9.59 Å². The maximum atomic E-state index is 13.8. The number of ketones is 1. The topological polar surface area (TPSA) is 83.9 Å². The second-order valence-electron chi connectivity index (χ2n) is 10.7. The van der Waals surface area contributed by atoms with Crippen LogP contribution in [0.1, 0.15) is 114 Å². The standard InChI is InChI=1S/C31H47F2NO5/c1-2-3-4-5-6-7-8-9-10-11-13-19-25(29(36)24-17-14-12-15-18-24)23-39-27(30(32)33)22-28(35)34-21-16-20-26(34)31(37)38/h12,14-15,17-18,25-27,30H,2-11,13,16,19-23H2,1H3,(H,37,38)/t25?,26-,27?/m0/s1. The molecule has 220 valence electrons. The molecule has 1 aliphatic rings. The van der Waals surface area contributed by atoms with E-state index in [-0.39, 0.29) is 18.9 Å². The molecule has 0 aliphatic carbocycles. The van der Waals surface area contributed by atoms with Gasteiger partial charge in [0, 0.05) is 18.0 Å². The highest BCUT2D eigenvalue weighted by atomic mass is 19.3. The molecule has 1 amide bonds. The number of rotatable bonds is 21. The van der Waals surface area contributed by atoms with Gasteiger partial charge in [-0.05, 0) is 19.3 Å². The van der Waals surface area contributed by atoms with Crippen LogP contribution in [0.25, 0.3) is 0 Å². The van der Waals surface area contributed by atoms with Crippen LogP contribution in [0.2, 0.25) is 0 Å². The molecule has 2 unspecified atom stereocenters. The quantitative estimate of drug-likeness (QED) is 0.128. The predicted molar refractivity (Wildman–Crippen MR) is 148 cm³/mol. The van der Waals surface area contributed by atoms with E-state index in [0.29, 0.717) is 24.8 Å². The van der Waals surface area contributed by atoms with E-state index in [2.05, 4.69) is 6.92 Å². The number of ether oxygens (including phenoxy) is 1. The van der Waals surface area contributed by atoms with Crippen molar-refractivity contribution in [1.82, 2.24) is 4.90 Å². The van der Waals surface area contributed by atoms with Gasteiger partial charge in [0.2, 0.25) is 5.91 Å². The summed E-state index contributed by atoms with van der Waals surface area (Å²) in [4.78, 5) is 38.4. The number of carbonyl (C=O) groups is 3. The van der Waals surface area contributed by atoms with Crippen LogP contribution in [0.4, 0.5) is 8.78 Å². The van der Waals surface area contributed by atoms with Crippen molar-refractivity contribution < 1.29 is 33.0 Å². The van der Waals surface area contributed by atoms with E-state index in [9.17, 15) is 28.3 Å². The molecule has 1 aliphatic heterocycles. The van der Waals surface area contributed by atoms with E-state index in [0.717, 1.165) is 30.6 Å². The van der Waals surface area contributed by atoms with Gasteiger partial charge in [0.05, 0.1) is 13.0 Å². The van der Waals surface area contributed by atoms with Gasteiger partial charge in [-0.25, -0.2) is 13.6 Å². The first kappa shape index (κ1) is 32.9. The molecule has 1 aromatic carbocycles. The number of hydrogen-bond donors (Lipinski definition) is 1. The Morgan fingerprint density at radius 3 is 2.10 bits per heavy atom. The largest absolute Gasteiger partial charge is 0.480 e. The third-order valence-electron chi connectivity index (χ3n) is 7.61. The van der Waals surface area contributed by atoms with Crippen molar-refractivity contribution >= 4 is 17.7 Å². The van der Waals surface area contributed by atoms with Crippen LogP contribution in [0.5, 0.6) is 0 Å². The highest BCUT2D eigenvalue weighted by molar-refractivity contribution is 5.97. The van der Waals surface area contributed by atoms with E-state index in [1.54, 1.807) is 24.3 Å². The smallest absolute Gasteiger partial charge is 0.326 e. The Hall–Kier alpha value is -2.35. The zero-order chi connectivity index (χ0) is 28.5. The Kier molecular flexibility index (Phi) is 15.9. The second kappa shape index (κ2) is 18.9. The summed E-state index contributed by atoms with van der Waals surface area (Å²) in [6.45, 7) is 2.26. The molecule has 2 rings (SSSR count). The highest BCUT2D eigenvalue weighted by Gasteiger charge is 2.36. The summed E-state index contributed by atoms with van der Waals surface area (Å²) < 4.78 is 33.2. The lowest BCUT2D eigenvalue weighted by Crippen LogP contribution is -2.43. The van der Waals surface area contributed by atoms with Gasteiger partial charge in [-0.15, -0.1) is 0 Å². The number of carboxylic acid groups (broad SMARTS) is 1. The van der Waals surface area contributed by atoms with Gasteiger partial charge >= 0.3 is 5.97 Å². The minimum atomic E-state index is -2.92. The Balaban J connectivity index is 1.86. The first-order valence-corrected chi connectivity index (χ1v) is 14.9. The minimum Gasteiger partial charge on any atom is -0.480 e. The maximum absolute atomic E-state index is 13.8. The van der Waals surface area contributed by atoms with E-state index >= 15 is 0 Å². The number of carboxylic acids is 1. The van der Waals surface area contributed by atoms with Gasteiger partial charge in [0.25, 0.3) is 6.43 Å². The number of hydrogen-bond acceptors (Lipinski definition) is 4. The molecule has 1 fully saturated rings. The Bertz CT molecular complexity index is 851. The summed E-state index contributed by atoms with van der Waals surface area (Å²) >= 11 is 0. The number of alkyl halides is 2. The van der Waals surface area contributed by atoms with Crippen molar-refractivity contribution in [1.29, 1.82) is 0 Å². The fraction of sp³-hybridized carbons (Fsp3) is 0.710. The molecule has 1 heterocycles. The SMILES string of the molecule is CCCCCCCCCCCCCC(COC(CC(=O)N1CCC[C@H]1C(=O)O)C(F)F)C(=O)c1ccccc1. The lowest BCUT2D eigenvalue weighted by atomic mass is 9.92. The summed E-state index contributed by atoms with van der Waals surface area (Å²) in [5.41, 5.74) is 0.514. The van der Waals surface area contributed by atoms with Crippen LogP contribution in [0, 0.1) is 5.92 Å². The molecular formula is C31H47F2NO5. The minimum absolute atomic E-state index is 0.146. The normalized spacial score (nSPS) is 16.9. The van der Waals surface area contributed by atoms with Crippen molar-refractivity contribution in [2.75, 3.05) is 13.2 Å². The molecule has 1 aromatic rings. The highest BCUT2D eigenvalue weighted by Crippen LogP contribution is 2.23. The van der Waals surface area contributed by atoms with Crippen molar-refractivity contribution in [2.45, 2.75) is 122 Å². The number of Topliss-reactive ketones (excluding diaryl/α,β-unsaturated/α-hetero) is 1. The summed E-state index contributed by atoms with van der Waals surface area (Å²) in [5, 5.41) is 9.31. The molecule has 8 heteroatoms. The molecule has 0 aromatic heterocycles. The number of unbranched alkanes of at least 4 members (excludes halogenated alkanes) is 10. The Labute approximate surface area is 232 Å². The molecular weight excluding hydrogens is 504 g/mol. The van der Waals surface area contributed by atoms with Crippen molar-refractivity contribution in [3.63, 3.8) is 0 Å². The molecule has 39 heavy (non-hydrogen) atoms. The first-order chi connectivity index (χ1) is 18.8. The van der Waals surface area contributed by atoms with Gasteiger partial charge in [-0.2, -0.15) is 0 Å². The second-order valence-corrected chi connectivity index (χ2v) is 10.7. The maximum Gasteiger partial charge on any atom is 0.326 e. The number of nitrogens with zero attached hydrogens (tertiary/aromatic N) is 1. The van der Waals surface area contributed by atoms with E-state index in [1.807, 2.05) is 6.07 Å². The van der Waals surface area contributed by atoms with Crippen LogP contribution in [0.15, 0.2) is 30.3 Å². The van der Waals surface area contributed by atoms with Crippen LogP contribution >= 0.6 is 0 Å². The molecule has 0 bridgehead atoms. The predicted octanol–water partition coefficient (Wildman–Crippen LogP) is 7.30. The molecule has 0 saturated carbocycles. The molecule has 1 saturated heterocycles. The average Bonchev–Trinajstić information content (AvgIpc) is 3.43. The van der Waals surface area contributed by atoms with Gasteiger partial charge in [0.1, 0.15) is 12.1 Å². The number of halogens is 2. The van der Waals surface area contributed by atoms with E-state index in [4.69, 9.17) is 4.74 Å². The number of likely N-dealkylation sites (tertiary alicyclic amines) is 1. The number of benzene rings is 1. The Morgan fingerprint density at radius 2 is 1.54 bits per heavy atom. The monoisotopic (exact) mass is 551 g/mol. The zero-order valence-corrected chi connectivity index (χ0v) is 23.5. The lowest BCUT2D eigenvalue weighted by Gasteiger charge is -2.25. The number of aliphatic carboxylic acids is 1. The summed E-state index contributed by atoms with van der Waals surface area (Å²) in [6, 6.07) is 7.79.